The Kier molecular flexibility index (Phi) is 22.5. The molecule has 1 rings (SSSR count). The Morgan fingerprint density at radius 2 is 1.00 bits per heavy atom. The van der Waals surface area contributed by atoms with E-state index in [1.54, 1.807) is 0 Å². The highest BCUT2D eigenvalue weighted by molar-refractivity contribution is 4.63. The molecule has 1 aliphatic heterocycles. The molecule has 1 fully saturated rings. The molecule has 0 aromatic carbocycles. The van der Waals surface area contributed by atoms with Crippen molar-refractivity contribution in [3.8, 4) is 0 Å². The molecule has 28 heavy (non-hydrogen) atoms. The monoisotopic (exact) mass is 459 g/mol. The van der Waals surface area contributed by atoms with E-state index in [2.05, 4.69) is 13.8 Å². The van der Waals surface area contributed by atoms with Gasteiger partial charge in [0, 0.05) is 12.3 Å². The number of hydrogen-bond acceptors (Lipinski definition) is 0. The molecule has 0 aliphatic carbocycles. The van der Waals surface area contributed by atoms with Crippen LogP contribution in [0.25, 0.3) is 0 Å². The molecule has 0 saturated carbocycles. The molecule has 1 N–H and O–H groups in total. The number of rotatable bonds is 20. The van der Waals surface area contributed by atoms with Gasteiger partial charge in [-0.2, -0.15) is 0 Å². The highest BCUT2D eigenvalue weighted by atomic mass is 79.9. The van der Waals surface area contributed by atoms with Gasteiger partial charge >= 0.3 is 0 Å². The van der Waals surface area contributed by atoms with Gasteiger partial charge in [-0.05, 0) is 19.3 Å². The van der Waals surface area contributed by atoms with Gasteiger partial charge in [0.25, 0.3) is 0 Å². The lowest BCUT2D eigenvalue weighted by Gasteiger charge is -2.13. The first-order valence-electron chi connectivity index (χ1n) is 13.2. The van der Waals surface area contributed by atoms with E-state index in [-0.39, 0.29) is 17.0 Å². The van der Waals surface area contributed by atoms with Gasteiger partial charge in [-0.3, -0.25) is 0 Å². The lowest BCUT2D eigenvalue weighted by atomic mass is 9.99. The Morgan fingerprint density at radius 3 is 1.50 bits per heavy atom. The summed E-state index contributed by atoms with van der Waals surface area (Å²) in [6.07, 6.45) is 29.5. The van der Waals surface area contributed by atoms with E-state index in [1.807, 2.05) is 4.90 Å². The Hall–Kier alpha value is 0.440. The van der Waals surface area contributed by atoms with E-state index in [0.29, 0.717) is 0 Å². The minimum atomic E-state index is 0. The summed E-state index contributed by atoms with van der Waals surface area (Å²) in [4.78, 5) is 1.93. The van der Waals surface area contributed by atoms with E-state index in [4.69, 9.17) is 0 Å². The fourth-order valence-corrected chi connectivity index (χ4v) is 4.92. The topological polar surface area (TPSA) is 4.44 Å². The molecule has 0 aromatic heterocycles. The zero-order valence-electron chi connectivity index (χ0n) is 19.7. The molecule has 1 heterocycles. The van der Waals surface area contributed by atoms with Crippen LogP contribution in [-0.4, -0.2) is 19.6 Å². The van der Waals surface area contributed by atoms with Gasteiger partial charge in [-0.25, -0.2) is 0 Å². The predicted molar refractivity (Wildman–Crippen MR) is 123 cm³/mol. The highest BCUT2D eigenvalue weighted by Gasteiger charge is 2.24. The second kappa shape index (κ2) is 22.1. The van der Waals surface area contributed by atoms with Crippen molar-refractivity contribution >= 4 is 0 Å². The summed E-state index contributed by atoms with van der Waals surface area (Å²) in [6.45, 7) is 9.04. The molecule has 0 amide bonds. The summed E-state index contributed by atoms with van der Waals surface area (Å²) < 4.78 is 0. The lowest BCUT2D eigenvalue weighted by Crippen LogP contribution is -3.10. The maximum absolute atomic E-state index is 2.31. The Labute approximate surface area is 189 Å². The molecule has 0 spiro atoms. The van der Waals surface area contributed by atoms with Gasteiger partial charge in [-0.15, -0.1) is 0 Å². The van der Waals surface area contributed by atoms with Crippen LogP contribution in [-0.2, 0) is 0 Å². The number of likely N-dealkylation sites (tertiary alicyclic amines) is 1. The van der Waals surface area contributed by atoms with Crippen molar-refractivity contribution in [2.75, 3.05) is 19.6 Å². The van der Waals surface area contributed by atoms with E-state index in [0.717, 1.165) is 5.92 Å². The smallest absolute Gasteiger partial charge is 0.0801 e. The first-order chi connectivity index (χ1) is 13.4. The number of halogens is 1. The molecule has 2 unspecified atom stereocenters. The molecule has 0 radical (unpaired) electrons. The van der Waals surface area contributed by atoms with Crippen LogP contribution in [0.1, 0.15) is 142 Å². The summed E-state index contributed by atoms with van der Waals surface area (Å²) >= 11 is 0. The van der Waals surface area contributed by atoms with E-state index in [1.165, 1.54) is 148 Å². The first-order valence-corrected chi connectivity index (χ1v) is 13.2. The average Bonchev–Trinajstić information content (AvgIpc) is 3.13. The van der Waals surface area contributed by atoms with Crippen molar-refractivity contribution in [1.82, 2.24) is 0 Å². The van der Waals surface area contributed by atoms with Gasteiger partial charge in [-0.1, -0.05) is 117 Å². The summed E-state index contributed by atoms with van der Waals surface area (Å²) in [7, 11) is 0. The van der Waals surface area contributed by atoms with Crippen LogP contribution in [0.5, 0.6) is 0 Å². The van der Waals surface area contributed by atoms with Gasteiger partial charge in [0.2, 0.25) is 0 Å². The molecule has 2 heteroatoms. The number of nitrogens with one attached hydrogen (secondary N) is 1. The lowest BCUT2D eigenvalue weighted by molar-refractivity contribution is -0.889. The molecular weight excluding hydrogens is 406 g/mol. The van der Waals surface area contributed by atoms with Crippen molar-refractivity contribution in [2.45, 2.75) is 142 Å². The SMILES string of the molecule is CCCCCCCCCCCC1CC[NH+](CCCCCCCCCCC)C1.[Br-]. The van der Waals surface area contributed by atoms with Crippen LogP contribution in [0, 0.1) is 5.92 Å². The maximum Gasteiger partial charge on any atom is 0.0801 e. The minimum Gasteiger partial charge on any atom is -1.00 e. The molecule has 0 bridgehead atoms. The molecule has 1 aliphatic rings. The van der Waals surface area contributed by atoms with Crippen LogP contribution >= 0.6 is 0 Å². The molecule has 0 aromatic rings. The Morgan fingerprint density at radius 1 is 0.571 bits per heavy atom. The van der Waals surface area contributed by atoms with E-state index in [9.17, 15) is 0 Å². The number of unbranched alkanes of at least 4 members (excludes halogenated alkanes) is 16. The van der Waals surface area contributed by atoms with Crippen molar-refractivity contribution in [3.05, 3.63) is 0 Å². The number of hydrogen-bond donors (Lipinski definition) is 1. The van der Waals surface area contributed by atoms with Crippen LogP contribution in [0.4, 0.5) is 0 Å². The zero-order valence-corrected chi connectivity index (χ0v) is 21.3. The van der Waals surface area contributed by atoms with Gasteiger partial charge in [0.05, 0.1) is 19.6 Å². The largest absolute Gasteiger partial charge is 1.00 e. The Balaban J connectivity index is 0.00000729. The van der Waals surface area contributed by atoms with Gasteiger partial charge in [0.15, 0.2) is 0 Å². The van der Waals surface area contributed by atoms with Crippen LogP contribution in [0.2, 0.25) is 0 Å². The van der Waals surface area contributed by atoms with Gasteiger partial charge in [0.1, 0.15) is 0 Å². The predicted octanol–water partition coefficient (Wildman–Crippen LogP) is 4.35. The molecule has 1 saturated heterocycles. The fraction of sp³-hybridized carbons (Fsp3) is 1.00. The van der Waals surface area contributed by atoms with Gasteiger partial charge < -0.3 is 21.9 Å². The molecular formula is C26H54BrN. The third-order valence-electron chi connectivity index (χ3n) is 6.83. The third-order valence-corrected chi connectivity index (χ3v) is 6.83. The first kappa shape index (κ1) is 28.4. The quantitative estimate of drug-likeness (QED) is 0.258. The summed E-state index contributed by atoms with van der Waals surface area (Å²) in [5.41, 5.74) is 0. The van der Waals surface area contributed by atoms with Crippen molar-refractivity contribution in [2.24, 2.45) is 5.92 Å². The Bertz CT molecular complexity index is 266. The minimum absolute atomic E-state index is 0. The molecule has 1 nitrogen and oxygen atoms in total. The number of quaternary nitrogens is 1. The van der Waals surface area contributed by atoms with Crippen LogP contribution < -0.4 is 21.9 Å². The van der Waals surface area contributed by atoms with Crippen molar-refractivity contribution in [1.29, 1.82) is 0 Å². The maximum atomic E-state index is 2.31. The fourth-order valence-electron chi connectivity index (χ4n) is 4.92. The summed E-state index contributed by atoms with van der Waals surface area (Å²) in [5.74, 6) is 1.06. The molecule has 170 valence electrons. The second-order valence-electron chi connectivity index (χ2n) is 9.55. The van der Waals surface area contributed by atoms with E-state index >= 15 is 0 Å². The van der Waals surface area contributed by atoms with Crippen molar-refractivity contribution in [3.63, 3.8) is 0 Å². The standard InChI is InChI=1S/C26H53N.BrH/c1-3-5-7-9-11-13-15-17-19-21-26-22-24-27(25-26)23-20-18-16-14-12-10-8-6-4-2;/h26H,3-25H2,1-2H3;1H. The summed E-state index contributed by atoms with van der Waals surface area (Å²) in [6, 6.07) is 0. The zero-order chi connectivity index (χ0) is 19.4. The average molecular weight is 461 g/mol. The highest BCUT2D eigenvalue weighted by Crippen LogP contribution is 2.16. The van der Waals surface area contributed by atoms with Crippen molar-refractivity contribution < 1.29 is 21.9 Å². The summed E-state index contributed by atoms with van der Waals surface area (Å²) in [5, 5.41) is 0. The third kappa shape index (κ3) is 17.3. The molecule has 2 atom stereocenters. The normalized spacial score (nSPS) is 19.1. The van der Waals surface area contributed by atoms with E-state index < -0.39 is 0 Å². The van der Waals surface area contributed by atoms with Crippen LogP contribution in [0.3, 0.4) is 0 Å². The second-order valence-corrected chi connectivity index (χ2v) is 9.55. The van der Waals surface area contributed by atoms with Crippen LogP contribution in [0.15, 0.2) is 0 Å².